The first-order chi connectivity index (χ1) is 12.4. The highest BCUT2D eigenvalue weighted by atomic mass is 32.1. The number of hydrogen-bond donors (Lipinski definition) is 2. The van der Waals surface area contributed by atoms with Crippen molar-refractivity contribution in [2.75, 3.05) is 19.7 Å². The average molecular weight is 358 g/mol. The summed E-state index contributed by atoms with van der Waals surface area (Å²) in [6.45, 7) is 5.40. The van der Waals surface area contributed by atoms with E-state index in [1.54, 1.807) is 11.3 Å². The Bertz CT molecular complexity index is 642. The van der Waals surface area contributed by atoms with Gasteiger partial charge in [-0.05, 0) is 36.8 Å². The lowest BCUT2D eigenvalue weighted by Crippen LogP contribution is -2.42. The number of nitrogens with one attached hydrogen (secondary N) is 2. The van der Waals surface area contributed by atoms with Crippen LogP contribution in [0.1, 0.15) is 36.3 Å². The second-order valence-electron chi connectivity index (χ2n) is 6.26. The number of guanidine groups is 1. The quantitative estimate of drug-likeness (QED) is 0.607. The fraction of sp³-hybridized carbons (Fsp3) is 0.450. The molecule has 0 amide bonds. The zero-order chi connectivity index (χ0) is 17.3. The van der Waals surface area contributed by atoms with Gasteiger partial charge in [0.15, 0.2) is 5.96 Å². The highest BCUT2D eigenvalue weighted by Gasteiger charge is 2.27. The summed E-state index contributed by atoms with van der Waals surface area (Å²) < 4.78 is 6.09. The SMILES string of the molecule is CCNC(=NCc1cccs1)NCC1CCCOC1c1ccccc1. The molecule has 5 heteroatoms. The number of nitrogens with zero attached hydrogens (tertiary/aromatic N) is 1. The summed E-state index contributed by atoms with van der Waals surface area (Å²) in [5.41, 5.74) is 1.27. The predicted octanol–water partition coefficient (Wildman–Crippen LogP) is 3.97. The Kier molecular flexibility index (Phi) is 6.89. The van der Waals surface area contributed by atoms with Crippen LogP contribution in [-0.2, 0) is 11.3 Å². The summed E-state index contributed by atoms with van der Waals surface area (Å²) in [4.78, 5) is 5.98. The van der Waals surface area contributed by atoms with E-state index in [0.29, 0.717) is 5.92 Å². The second kappa shape index (κ2) is 9.59. The van der Waals surface area contributed by atoms with Gasteiger partial charge in [-0.3, -0.25) is 0 Å². The van der Waals surface area contributed by atoms with E-state index in [2.05, 4.69) is 65.4 Å². The minimum atomic E-state index is 0.169. The standard InChI is InChI=1S/C20H27N3OS/c1-2-21-20(23-15-18-11-7-13-25-18)22-14-17-10-6-12-24-19(17)16-8-4-3-5-9-16/h3-5,7-9,11,13,17,19H,2,6,10,12,14-15H2,1H3,(H2,21,22,23). The molecule has 2 unspecified atom stereocenters. The molecule has 0 radical (unpaired) electrons. The summed E-state index contributed by atoms with van der Waals surface area (Å²) in [7, 11) is 0. The zero-order valence-electron chi connectivity index (χ0n) is 14.8. The van der Waals surface area contributed by atoms with Crippen LogP contribution >= 0.6 is 11.3 Å². The van der Waals surface area contributed by atoms with Crippen molar-refractivity contribution in [1.29, 1.82) is 0 Å². The number of thiophene rings is 1. The van der Waals surface area contributed by atoms with Crippen molar-refractivity contribution in [1.82, 2.24) is 10.6 Å². The van der Waals surface area contributed by atoms with Gasteiger partial charge in [0.2, 0.25) is 0 Å². The fourth-order valence-electron chi connectivity index (χ4n) is 3.19. The van der Waals surface area contributed by atoms with E-state index in [1.165, 1.54) is 16.9 Å². The van der Waals surface area contributed by atoms with Gasteiger partial charge in [-0.1, -0.05) is 36.4 Å². The van der Waals surface area contributed by atoms with Crippen LogP contribution in [0.4, 0.5) is 0 Å². The van der Waals surface area contributed by atoms with Crippen LogP contribution in [0, 0.1) is 5.92 Å². The highest BCUT2D eigenvalue weighted by Crippen LogP contribution is 2.33. The third-order valence-electron chi connectivity index (χ3n) is 4.42. The summed E-state index contributed by atoms with van der Waals surface area (Å²) in [5, 5.41) is 8.95. The summed E-state index contributed by atoms with van der Waals surface area (Å²) in [6, 6.07) is 14.8. The van der Waals surface area contributed by atoms with E-state index in [9.17, 15) is 0 Å². The largest absolute Gasteiger partial charge is 0.373 e. The first-order valence-corrected chi connectivity index (χ1v) is 9.96. The molecule has 1 aliphatic heterocycles. The van der Waals surface area contributed by atoms with Gasteiger partial charge in [0.25, 0.3) is 0 Å². The molecule has 2 aromatic rings. The highest BCUT2D eigenvalue weighted by molar-refractivity contribution is 7.09. The topological polar surface area (TPSA) is 45.7 Å². The second-order valence-corrected chi connectivity index (χ2v) is 7.29. The van der Waals surface area contributed by atoms with Crippen molar-refractivity contribution in [3.8, 4) is 0 Å². The van der Waals surface area contributed by atoms with Gasteiger partial charge in [-0.25, -0.2) is 4.99 Å². The third kappa shape index (κ3) is 5.31. The van der Waals surface area contributed by atoms with Crippen LogP contribution in [0.2, 0.25) is 0 Å². The summed E-state index contributed by atoms with van der Waals surface area (Å²) >= 11 is 1.74. The molecule has 1 saturated heterocycles. The van der Waals surface area contributed by atoms with Crippen molar-refractivity contribution < 1.29 is 4.74 Å². The molecule has 2 heterocycles. The van der Waals surface area contributed by atoms with Gasteiger partial charge in [-0.15, -0.1) is 11.3 Å². The monoisotopic (exact) mass is 357 g/mol. The zero-order valence-corrected chi connectivity index (χ0v) is 15.6. The summed E-state index contributed by atoms with van der Waals surface area (Å²) in [6.07, 6.45) is 2.47. The van der Waals surface area contributed by atoms with Gasteiger partial charge < -0.3 is 15.4 Å². The minimum absolute atomic E-state index is 0.169. The Morgan fingerprint density at radius 1 is 1.20 bits per heavy atom. The molecule has 4 nitrogen and oxygen atoms in total. The van der Waals surface area contributed by atoms with Crippen molar-refractivity contribution in [2.24, 2.45) is 10.9 Å². The first-order valence-electron chi connectivity index (χ1n) is 9.08. The van der Waals surface area contributed by atoms with E-state index in [1.807, 2.05) is 0 Å². The van der Waals surface area contributed by atoms with Crippen LogP contribution in [0.25, 0.3) is 0 Å². The smallest absolute Gasteiger partial charge is 0.191 e. The number of aliphatic imine (C=N–C) groups is 1. The van der Waals surface area contributed by atoms with Gasteiger partial charge in [0, 0.05) is 30.5 Å². The van der Waals surface area contributed by atoms with Gasteiger partial charge in [0.1, 0.15) is 0 Å². The molecule has 134 valence electrons. The van der Waals surface area contributed by atoms with Crippen LogP contribution in [-0.4, -0.2) is 25.7 Å². The molecule has 1 fully saturated rings. The maximum absolute atomic E-state index is 6.09. The van der Waals surface area contributed by atoms with E-state index >= 15 is 0 Å². The lowest BCUT2D eigenvalue weighted by molar-refractivity contribution is -0.0265. The van der Waals surface area contributed by atoms with E-state index < -0.39 is 0 Å². The van der Waals surface area contributed by atoms with Crippen LogP contribution < -0.4 is 10.6 Å². The Hall–Kier alpha value is -1.85. The predicted molar refractivity (Wildman–Crippen MR) is 105 cm³/mol. The molecule has 0 bridgehead atoms. The molecule has 3 rings (SSSR count). The molecular weight excluding hydrogens is 330 g/mol. The molecule has 0 saturated carbocycles. The van der Waals surface area contributed by atoms with Crippen molar-refractivity contribution in [2.45, 2.75) is 32.4 Å². The van der Waals surface area contributed by atoms with Crippen molar-refractivity contribution >= 4 is 17.3 Å². The van der Waals surface area contributed by atoms with Crippen LogP contribution in [0.15, 0.2) is 52.8 Å². The summed E-state index contributed by atoms with van der Waals surface area (Å²) in [5.74, 6) is 1.34. The number of rotatable bonds is 6. The van der Waals surface area contributed by atoms with Crippen molar-refractivity contribution in [3.05, 3.63) is 58.3 Å². The fourth-order valence-corrected chi connectivity index (χ4v) is 3.82. The first kappa shape index (κ1) is 18.0. The third-order valence-corrected chi connectivity index (χ3v) is 5.28. The molecule has 25 heavy (non-hydrogen) atoms. The molecule has 2 N–H and O–H groups in total. The van der Waals surface area contributed by atoms with Crippen molar-refractivity contribution in [3.63, 3.8) is 0 Å². The Labute approximate surface area is 154 Å². The van der Waals surface area contributed by atoms with Gasteiger partial charge in [-0.2, -0.15) is 0 Å². The Morgan fingerprint density at radius 3 is 2.84 bits per heavy atom. The van der Waals surface area contributed by atoms with E-state index in [0.717, 1.165) is 38.6 Å². The van der Waals surface area contributed by atoms with E-state index in [4.69, 9.17) is 9.73 Å². The molecular formula is C20H27N3OS. The maximum Gasteiger partial charge on any atom is 0.191 e. The molecule has 0 aliphatic carbocycles. The maximum atomic E-state index is 6.09. The average Bonchev–Trinajstić information content (AvgIpc) is 3.18. The minimum Gasteiger partial charge on any atom is -0.373 e. The van der Waals surface area contributed by atoms with Crippen LogP contribution in [0.3, 0.4) is 0 Å². The molecule has 1 aromatic heterocycles. The van der Waals surface area contributed by atoms with Gasteiger partial charge in [0.05, 0.1) is 12.6 Å². The number of hydrogen-bond acceptors (Lipinski definition) is 3. The number of benzene rings is 1. The molecule has 1 aromatic carbocycles. The lowest BCUT2D eigenvalue weighted by atomic mass is 9.89. The van der Waals surface area contributed by atoms with Gasteiger partial charge >= 0.3 is 0 Å². The Morgan fingerprint density at radius 2 is 2.08 bits per heavy atom. The molecule has 0 spiro atoms. The normalized spacial score (nSPS) is 21.1. The van der Waals surface area contributed by atoms with E-state index in [-0.39, 0.29) is 6.10 Å². The molecule has 1 aliphatic rings. The van der Waals surface area contributed by atoms with Crippen LogP contribution in [0.5, 0.6) is 0 Å². The lowest BCUT2D eigenvalue weighted by Gasteiger charge is -2.32. The number of ether oxygens (including phenoxy) is 1. The molecule has 2 atom stereocenters. The Balaban J connectivity index is 1.61.